The predicted molar refractivity (Wildman–Crippen MR) is 147 cm³/mol. The molecule has 4 heterocycles. The van der Waals surface area contributed by atoms with Crippen molar-refractivity contribution >= 4 is 29.0 Å². The van der Waals surface area contributed by atoms with E-state index >= 15 is 4.39 Å². The molecule has 1 fully saturated rings. The summed E-state index contributed by atoms with van der Waals surface area (Å²) < 4.78 is 58.0. The average Bonchev–Trinajstić information content (AvgIpc) is 3.39. The molecule has 0 radical (unpaired) electrons. The standard InChI is InChI=1S/C28H27F4N9O2/c1-4-24(42)40-12-17(13-40)41-15-34-23(37-41)14-39-9-8-21(27(43)38(3)22-7-5-6-20(29)25(22)39)36-26-18(11-33)19(28(30,31)32)10-16(2)35-26/h4-7,10,15,17,21H,1,8-9,12-14H2,2-3H3,(H,35,36). The Balaban J connectivity index is 1.43. The van der Waals surface area contributed by atoms with Crippen LogP contribution in [0.25, 0.3) is 0 Å². The molecule has 2 aromatic heterocycles. The van der Waals surface area contributed by atoms with Gasteiger partial charge in [0.05, 0.1) is 29.5 Å². The van der Waals surface area contributed by atoms with E-state index in [-0.39, 0.29) is 54.3 Å². The van der Waals surface area contributed by atoms with Crippen LogP contribution in [0.3, 0.4) is 0 Å². The minimum absolute atomic E-state index is 0.0135. The summed E-state index contributed by atoms with van der Waals surface area (Å²) in [4.78, 5) is 38.3. The van der Waals surface area contributed by atoms with Gasteiger partial charge in [-0.1, -0.05) is 12.6 Å². The highest BCUT2D eigenvalue weighted by Gasteiger charge is 2.38. The molecule has 224 valence electrons. The third-order valence-corrected chi connectivity index (χ3v) is 7.45. The maximum absolute atomic E-state index is 15.3. The number of halogens is 4. The number of hydrogen-bond acceptors (Lipinski definition) is 8. The summed E-state index contributed by atoms with van der Waals surface area (Å²) in [6, 6.07) is 5.45. The summed E-state index contributed by atoms with van der Waals surface area (Å²) in [5.41, 5.74) is -1.49. The van der Waals surface area contributed by atoms with Crippen LogP contribution in [0.4, 0.5) is 34.8 Å². The summed E-state index contributed by atoms with van der Waals surface area (Å²) in [7, 11) is 1.44. The highest BCUT2D eigenvalue weighted by Crippen LogP contribution is 2.37. The first-order valence-corrected chi connectivity index (χ1v) is 13.3. The lowest BCUT2D eigenvalue weighted by Crippen LogP contribution is -2.50. The van der Waals surface area contributed by atoms with Crippen molar-refractivity contribution in [1.82, 2.24) is 24.6 Å². The van der Waals surface area contributed by atoms with Crippen molar-refractivity contribution in [2.75, 3.05) is 41.8 Å². The van der Waals surface area contributed by atoms with E-state index in [2.05, 4.69) is 27.0 Å². The molecule has 0 aliphatic carbocycles. The molecular formula is C28H27F4N9O2. The first kappa shape index (κ1) is 29.5. The molecule has 2 amide bonds. The summed E-state index contributed by atoms with van der Waals surface area (Å²) in [6.07, 6.45) is -2.00. The highest BCUT2D eigenvalue weighted by atomic mass is 19.4. The zero-order chi connectivity index (χ0) is 31.1. The number of aryl methyl sites for hydroxylation is 1. The van der Waals surface area contributed by atoms with Gasteiger partial charge in [0, 0.05) is 32.4 Å². The number of carbonyl (C=O) groups is 2. The number of alkyl halides is 3. The highest BCUT2D eigenvalue weighted by molar-refractivity contribution is 6.01. The lowest BCUT2D eigenvalue weighted by molar-refractivity contribution is -0.137. The van der Waals surface area contributed by atoms with Crippen molar-refractivity contribution in [3.63, 3.8) is 0 Å². The van der Waals surface area contributed by atoms with E-state index in [0.717, 1.165) is 6.07 Å². The summed E-state index contributed by atoms with van der Waals surface area (Å²) in [5.74, 6) is -1.30. The molecule has 3 aromatic rings. The number of carbonyl (C=O) groups excluding carboxylic acids is 2. The van der Waals surface area contributed by atoms with Gasteiger partial charge in [0.15, 0.2) is 5.82 Å². The lowest BCUT2D eigenvalue weighted by atomic mass is 10.0. The van der Waals surface area contributed by atoms with Crippen LogP contribution < -0.4 is 15.1 Å². The Morgan fingerprint density at radius 2 is 2.05 bits per heavy atom. The molecule has 0 bridgehead atoms. The van der Waals surface area contributed by atoms with Gasteiger partial charge in [0.2, 0.25) is 11.8 Å². The van der Waals surface area contributed by atoms with Crippen molar-refractivity contribution in [3.8, 4) is 6.07 Å². The maximum Gasteiger partial charge on any atom is 0.417 e. The fraction of sp³-hybridized carbons (Fsp3) is 0.357. The lowest BCUT2D eigenvalue weighted by Gasteiger charge is -2.38. The first-order valence-electron chi connectivity index (χ1n) is 13.3. The van der Waals surface area contributed by atoms with E-state index in [0.29, 0.717) is 18.9 Å². The number of anilines is 3. The number of likely N-dealkylation sites (N-methyl/N-ethyl adjacent to an activating group) is 1. The Kier molecular flexibility index (Phi) is 7.78. The Morgan fingerprint density at radius 1 is 1.30 bits per heavy atom. The van der Waals surface area contributed by atoms with Crippen LogP contribution in [0.5, 0.6) is 0 Å². The number of fused-ring (bicyclic) bond motifs is 1. The summed E-state index contributed by atoms with van der Waals surface area (Å²) in [6.45, 7) is 5.88. The van der Waals surface area contributed by atoms with Crippen LogP contribution in [0.2, 0.25) is 0 Å². The summed E-state index contributed by atoms with van der Waals surface area (Å²) >= 11 is 0. The number of likely N-dealkylation sites (tertiary alicyclic amines) is 1. The second kappa shape index (κ2) is 11.3. The van der Waals surface area contributed by atoms with E-state index in [1.165, 1.54) is 43.4 Å². The minimum Gasteiger partial charge on any atom is -0.360 e. The van der Waals surface area contributed by atoms with E-state index in [4.69, 9.17) is 0 Å². The molecule has 15 heteroatoms. The van der Waals surface area contributed by atoms with Gasteiger partial charge in [-0.05, 0) is 37.6 Å². The number of nitrogens with zero attached hydrogens (tertiary/aromatic N) is 8. The van der Waals surface area contributed by atoms with E-state index in [1.807, 2.05) is 0 Å². The zero-order valence-corrected chi connectivity index (χ0v) is 23.3. The molecule has 2 aliphatic heterocycles. The smallest absolute Gasteiger partial charge is 0.360 e. The molecule has 1 unspecified atom stereocenters. The summed E-state index contributed by atoms with van der Waals surface area (Å²) in [5, 5.41) is 16.9. The van der Waals surface area contributed by atoms with Crippen LogP contribution in [-0.2, 0) is 22.3 Å². The van der Waals surface area contributed by atoms with Gasteiger partial charge in [-0.3, -0.25) is 9.59 Å². The predicted octanol–water partition coefficient (Wildman–Crippen LogP) is 3.43. The van der Waals surface area contributed by atoms with Crippen molar-refractivity contribution < 1.29 is 27.2 Å². The van der Waals surface area contributed by atoms with Crippen molar-refractivity contribution in [2.45, 2.75) is 38.1 Å². The molecule has 11 nitrogen and oxygen atoms in total. The third-order valence-electron chi connectivity index (χ3n) is 7.45. The Labute approximate surface area is 244 Å². The normalized spacial score (nSPS) is 17.5. The molecule has 1 N–H and O–H groups in total. The Hall–Kier alpha value is -5.00. The number of rotatable bonds is 6. The Morgan fingerprint density at radius 3 is 2.72 bits per heavy atom. The number of nitriles is 1. The molecule has 1 aromatic carbocycles. The molecule has 1 saturated heterocycles. The van der Waals surface area contributed by atoms with E-state index in [1.54, 1.807) is 26.6 Å². The second-order valence-corrected chi connectivity index (χ2v) is 10.3. The van der Waals surface area contributed by atoms with Gasteiger partial charge in [-0.25, -0.2) is 19.0 Å². The van der Waals surface area contributed by atoms with Gasteiger partial charge >= 0.3 is 6.18 Å². The SMILES string of the molecule is C=CC(=O)N1CC(n2cnc(CN3CCC(Nc4nc(C)cc(C(F)(F)F)c4C#N)C(=O)N(C)c4cccc(F)c43)n2)C1. The van der Waals surface area contributed by atoms with Crippen LogP contribution in [0.1, 0.15) is 35.1 Å². The molecule has 43 heavy (non-hydrogen) atoms. The number of amides is 2. The largest absolute Gasteiger partial charge is 0.417 e. The van der Waals surface area contributed by atoms with Crippen molar-refractivity contribution in [2.24, 2.45) is 0 Å². The van der Waals surface area contributed by atoms with Gasteiger partial charge in [-0.15, -0.1) is 0 Å². The van der Waals surface area contributed by atoms with Gasteiger partial charge in [0.1, 0.15) is 35.6 Å². The van der Waals surface area contributed by atoms with Gasteiger partial charge in [-0.2, -0.15) is 23.5 Å². The van der Waals surface area contributed by atoms with Crippen molar-refractivity contribution in [1.29, 1.82) is 5.26 Å². The average molecular weight is 598 g/mol. The number of aromatic nitrogens is 4. The van der Waals surface area contributed by atoms with Gasteiger partial charge < -0.3 is 20.0 Å². The fourth-order valence-electron chi connectivity index (χ4n) is 5.19. The van der Waals surface area contributed by atoms with Crippen LogP contribution >= 0.6 is 0 Å². The van der Waals surface area contributed by atoms with Crippen LogP contribution in [-0.4, -0.2) is 69.2 Å². The van der Waals surface area contributed by atoms with E-state index < -0.39 is 35.1 Å². The number of pyridine rings is 1. The number of nitrogens with one attached hydrogen (secondary N) is 1. The van der Waals surface area contributed by atoms with Crippen molar-refractivity contribution in [3.05, 3.63) is 71.7 Å². The zero-order valence-electron chi connectivity index (χ0n) is 23.3. The third kappa shape index (κ3) is 5.72. The molecule has 0 spiro atoms. The minimum atomic E-state index is -4.81. The molecule has 2 aliphatic rings. The fourth-order valence-corrected chi connectivity index (χ4v) is 5.19. The van der Waals surface area contributed by atoms with Gasteiger partial charge in [0.25, 0.3) is 0 Å². The number of hydrogen-bond donors (Lipinski definition) is 1. The first-order chi connectivity index (χ1) is 20.4. The molecule has 1 atom stereocenters. The molecule has 0 saturated carbocycles. The van der Waals surface area contributed by atoms with Crippen LogP contribution in [0, 0.1) is 24.1 Å². The van der Waals surface area contributed by atoms with E-state index in [9.17, 15) is 28.0 Å². The quantitative estimate of drug-likeness (QED) is 0.339. The maximum atomic E-state index is 15.3. The molecule has 5 rings (SSSR count). The topological polar surface area (TPSA) is 123 Å². The Bertz CT molecular complexity index is 1630. The second-order valence-electron chi connectivity index (χ2n) is 10.3. The van der Waals surface area contributed by atoms with Crippen LogP contribution in [0.15, 0.2) is 43.2 Å². The monoisotopic (exact) mass is 597 g/mol. The number of para-hydroxylation sites is 1. The number of benzene rings is 1. The molecular weight excluding hydrogens is 570 g/mol.